The minimum Gasteiger partial charge on any atom is -0.394 e. The summed E-state index contributed by atoms with van der Waals surface area (Å²) in [4.78, 5) is 13.4. The molecule has 0 aromatic carbocycles. The number of aliphatic hydroxyl groups excluding tert-OH is 11. The first-order chi connectivity index (χ1) is 41.8. The molecule has 3 aliphatic heterocycles. The molecule has 504 valence electrons. The molecule has 0 radical (unpaired) electrons. The van der Waals surface area contributed by atoms with Crippen molar-refractivity contribution in [2.75, 3.05) is 26.4 Å². The average Bonchev–Trinajstić information content (AvgIpc) is 2.24. The first-order valence-corrected chi connectivity index (χ1v) is 34.2. The summed E-state index contributed by atoms with van der Waals surface area (Å²) >= 11 is 0. The fourth-order valence-electron chi connectivity index (χ4n) is 11.6. The van der Waals surface area contributed by atoms with Crippen molar-refractivity contribution in [1.82, 2.24) is 5.32 Å². The van der Waals surface area contributed by atoms with E-state index in [0.717, 1.165) is 70.6 Å². The first kappa shape index (κ1) is 78.3. The number of rotatable bonds is 52. The van der Waals surface area contributed by atoms with Gasteiger partial charge in [-0.15, -0.1) is 0 Å². The predicted octanol–water partition coefficient (Wildman–Crippen LogP) is 8.44. The van der Waals surface area contributed by atoms with Gasteiger partial charge in [0.15, 0.2) is 18.9 Å². The smallest absolute Gasteiger partial charge is 0.220 e. The Balaban J connectivity index is 1.44. The molecule has 0 saturated carbocycles. The van der Waals surface area contributed by atoms with E-state index < -0.39 is 124 Å². The Kier molecular flexibility index (Phi) is 45.2. The standard InChI is InChI=1S/C67H123NO18/c1-3-5-7-9-11-13-15-17-19-20-21-22-23-24-25-26-27-28-29-31-32-34-36-38-40-42-44-51(72)50(68-55(73)45-43-41-39-37-35-33-30-18-16-14-12-10-8-6-4-2)49-81-65-61(79)58(76)63(53(47-70)83-65)86-67-62(80)59(77)64(54(48-71)84-67)85-66-60(78)57(75)56(74)52(46-69)82-66/h12,14,18,30,42,44,50-54,56-67,69-72,74-80H,3-11,13,15-17,19-29,31-41,43,45-49H2,1-2H3,(H,68,73)/b14-12-,30-18-,44-42+. The Labute approximate surface area is 517 Å². The maximum Gasteiger partial charge on any atom is 0.220 e. The van der Waals surface area contributed by atoms with Crippen LogP contribution in [0.4, 0.5) is 0 Å². The lowest BCUT2D eigenvalue weighted by Gasteiger charge is -2.48. The number of ether oxygens (including phenoxy) is 6. The van der Waals surface area contributed by atoms with Crippen molar-refractivity contribution in [3.8, 4) is 0 Å². The number of nitrogens with one attached hydrogen (secondary N) is 1. The van der Waals surface area contributed by atoms with Gasteiger partial charge in [0.1, 0.15) is 73.2 Å². The lowest BCUT2D eigenvalue weighted by molar-refractivity contribution is -0.379. The van der Waals surface area contributed by atoms with Gasteiger partial charge in [-0.1, -0.05) is 230 Å². The highest BCUT2D eigenvalue weighted by Gasteiger charge is 2.53. The summed E-state index contributed by atoms with van der Waals surface area (Å²) in [6.45, 7) is 1.71. The van der Waals surface area contributed by atoms with Gasteiger partial charge < -0.3 is 89.9 Å². The molecule has 1 amide bonds. The van der Waals surface area contributed by atoms with Gasteiger partial charge >= 0.3 is 0 Å². The quantitative estimate of drug-likeness (QED) is 0.0201. The number of allylic oxidation sites excluding steroid dienone is 5. The molecule has 17 atom stereocenters. The normalized spacial score (nSPS) is 29.0. The topological polar surface area (TPSA) is 307 Å². The first-order valence-electron chi connectivity index (χ1n) is 34.2. The summed E-state index contributed by atoms with van der Waals surface area (Å²) in [5.74, 6) is -0.288. The zero-order valence-electron chi connectivity index (χ0n) is 53.0. The van der Waals surface area contributed by atoms with Gasteiger partial charge in [-0.05, 0) is 51.4 Å². The number of hydrogen-bond donors (Lipinski definition) is 12. The van der Waals surface area contributed by atoms with Gasteiger partial charge in [0, 0.05) is 6.42 Å². The van der Waals surface area contributed by atoms with Crippen LogP contribution in [0.2, 0.25) is 0 Å². The summed E-state index contributed by atoms with van der Waals surface area (Å²) in [5.41, 5.74) is 0. The van der Waals surface area contributed by atoms with E-state index in [1.54, 1.807) is 6.08 Å². The highest BCUT2D eigenvalue weighted by Crippen LogP contribution is 2.33. The van der Waals surface area contributed by atoms with Crippen LogP contribution in [-0.2, 0) is 33.2 Å². The molecule has 0 aliphatic carbocycles. The molecule has 19 heteroatoms. The van der Waals surface area contributed by atoms with Crippen molar-refractivity contribution in [2.45, 2.75) is 356 Å². The molecular weight excluding hydrogens is 1110 g/mol. The fraction of sp³-hybridized carbons (Fsp3) is 0.896. The van der Waals surface area contributed by atoms with Gasteiger partial charge in [-0.2, -0.15) is 0 Å². The van der Waals surface area contributed by atoms with Crippen molar-refractivity contribution >= 4 is 5.91 Å². The number of carbonyl (C=O) groups is 1. The van der Waals surface area contributed by atoms with Crippen molar-refractivity contribution in [1.29, 1.82) is 0 Å². The minimum absolute atomic E-state index is 0.228. The van der Waals surface area contributed by atoms with Crippen LogP contribution in [0.25, 0.3) is 0 Å². The molecule has 0 bridgehead atoms. The molecule has 0 spiro atoms. The third-order valence-corrected chi connectivity index (χ3v) is 17.2. The van der Waals surface area contributed by atoms with E-state index in [0.29, 0.717) is 6.42 Å². The molecular formula is C67H123NO18. The summed E-state index contributed by atoms with van der Waals surface area (Å²) < 4.78 is 34.3. The van der Waals surface area contributed by atoms with Crippen LogP contribution in [0.3, 0.4) is 0 Å². The molecule has 3 rings (SSSR count). The fourth-order valence-corrected chi connectivity index (χ4v) is 11.6. The van der Waals surface area contributed by atoms with Gasteiger partial charge in [0.05, 0.1) is 38.6 Å². The molecule has 3 aliphatic rings. The van der Waals surface area contributed by atoms with E-state index in [9.17, 15) is 61.0 Å². The van der Waals surface area contributed by atoms with Crippen molar-refractivity contribution in [3.63, 3.8) is 0 Å². The molecule has 0 aromatic heterocycles. The molecule has 0 aromatic rings. The Bertz CT molecular complexity index is 1710. The van der Waals surface area contributed by atoms with Crippen molar-refractivity contribution < 1.29 is 89.4 Å². The molecule has 3 fully saturated rings. The van der Waals surface area contributed by atoms with Crippen LogP contribution >= 0.6 is 0 Å². The van der Waals surface area contributed by atoms with Gasteiger partial charge in [0.2, 0.25) is 5.91 Å². The average molecular weight is 1230 g/mol. The van der Waals surface area contributed by atoms with Gasteiger partial charge in [-0.25, -0.2) is 0 Å². The minimum atomic E-state index is -1.98. The van der Waals surface area contributed by atoms with E-state index in [4.69, 9.17) is 28.4 Å². The second-order valence-electron chi connectivity index (χ2n) is 24.6. The Hall–Kier alpha value is -1.99. The molecule has 86 heavy (non-hydrogen) atoms. The van der Waals surface area contributed by atoms with Crippen molar-refractivity contribution in [2.24, 2.45) is 0 Å². The number of aliphatic hydroxyl groups is 11. The second kappa shape index (κ2) is 49.7. The van der Waals surface area contributed by atoms with Gasteiger partial charge in [-0.3, -0.25) is 4.79 Å². The Morgan fingerprint density at radius 2 is 0.767 bits per heavy atom. The zero-order chi connectivity index (χ0) is 62.6. The highest BCUT2D eigenvalue weighted by molar-refractivity contribution is 5.76. The zero-order valence-corrected chi connectivity index (χ0v) is 53.0. The van der Waals surface area contributed by atoms with Crippen LogP contribution in [-0.4, -0.2) is 193 Å². The van der Waals surface area contributed by atoms with E-state index in [-0.39, 0.29) is 18.9 Å². The third-order valence-electron chi connectivity index (χ3n) is 17.2. The molecule has 19 nitrogen and oxygen atoms in total. The summed E-state index contributed by atoms with van der Waals surface area (Å²) in [5, 5.41) is 120. The number of carbonyl (C=O) groups excluding carboxylic acids is 1. The highest BCUT2D eigenvalue weighted by atomic mass is 16.8. The summed E-state index contributed by atoms with van der Waals surface area (Å²) in [6, 6.07) is -0.980. The van der Waals surface area contributed by atoms with Crippen LogP contribution in [0.1, 0.15) is 251 Å². The maximum absolute atomic E-state index is 13.4. The predicted molar refractivity (Wildman–Crippen MR) is 333 cm³/mol. The van der Waals surface area contributed by atoms with E-state index in [1.807, 2.05) is 6.08 Å². The lowest BCUT2D eigenvalue weighted by atomic mass is 9.96. The monoisotopic (exact) mass is 1230 g/mol. The molecule has 17 unspecified atom stereocenters. The van der Waals surface area contributed by atoms with E-state index in [1.165, 1.54) is 154 Å². The largest absolute Gasteiger partial charge is 0.394 e. The number of unbranched alkanes of at least 4 members (excludes halogenated alkanes) is 32. The molecule has 3 saturated heterocycles. The van der Waals surface area contributed by atoms with Crippen LogP contribution in [0.5, 0.6) is 0 Å². The van der Waals surface area contributed by atoms with Crippen LogP contribution in [0.15, 0.2) is 36.5 Å². The molecule has 3 heterocycles. The Morgan fingerprint density at radius 3 is 1.21 bits per heavy atom. The lowest BCUT2D eigenvalue weighted by Crippen LogP contribution is -2.66. The SMILES string of the molecule is CCCCC/C=C\C/C=C\CCCCCCCC(=O)NC(COC1OC(CO)C(OC2OC(CO)C(OC3OC(CO)C(O)C(O)C3O)C(O)C2O)C(O)C1O)C(O)/C=C/CCCCCCCCCCCCCCCCCCCCCCCCCC. The Morgan fingerprint density at radius 1 is 0.419 bits per heavy atom. The number of amides is 1. The van der Waals surface area contributed by atoms with Crippen LogP contribution in [0, 0.1) is 0 Å². The second-order valence-corrected chi connectivity index (χ2v) is 24.6. The van der Waals surface area contributed by atoms with Gasteiger partial charge in [0.25, 0.3) is 0 Å². The maximum atomic E-state index is 13.4. The number of hydrogen-bond acceptors (Lipinski definition) is 18. The van der Waals surface area contributed by atoms with E-state index >= 15 is 0 Å². The van der Waals surface area contributed by atoms with Crippen molar-refractivity contribution in [3.05, 3.63) is 36.5 Å². The van der Waals surface area contributed by atoms with E-state index in [2.05, 4.69) is 43.5 Å². The third kappa shape index (κ3) is 31.8. The molecule has 12 N–H and O–H groups in total. The summed E-state index contributed by atoms with van der Waals surface area (Å²) in [6.07, 6.45) is 29.8. The summed E-state index contributed by atoms with van der Waals surface area (Å²) in [7, 11) is 0. The van der Waals surface area contributed by atoms with Crippen LogP contribution < -0.4 is 5.32 Å².